The van der Waals surface area contributed by atoms with Crippen LogP contribution in [0.4, 0.5) is 0 Å². The van der Waals surface area contributed by atoms with Gasteiger partial charge in [-0.1, -0.05) is 0 Å². The second-order valence-electron chi connectivity index (χ2n) is 6.62. The number of carbonyl (C=O) groups is 1. The average Bonchev–Trinajstić information content (AvgIpc) is 3.05. The van der Waals surface area contributed by atoms with E-state index < -0.39 is 10.0 Å². The van der Waals surface area contributed by atoms with Crippen molar-refractivity contribution in [2.75, 3.05) is 39.5 Å². The highest BCUT2D eigenvalue weighted by atomic mass is 32.2. The average molecular weight is 331 g/mol. The summed E-state index contributed by atoms with van der Waals surface area (Å²) in [6.45, 7) is 4.36. The molecule has 0 saturated carbocycles. The van der Waals surface area contributed by atoms with Gasteiger partial charge in [-0.2, -0.15) is 0 Å². The molecule has 128 valence electrons. The molecule has 22 heavy (non-hydrogen) atoms. The van der Waals surface area contributed by atoms with E-state index in [9.17, 15) is 13.2 Å². The first-order valence-electron chi connectivity index (χ1n) is 8.24. The SMILES string of the molecule is CC(=O)N1CCC[C@H]1[C@@H]1CCCN1CCCS(=O)(=O)N(C)C. The van der Waals surface area contributed by atoms with Crippen molar-refractivity contribution in [2.45, 2.75) is 51.1 Å². The molecule has 1 amide bonds. The van der Waals surface area contributed by atoms with Crippen LogP contribution in [0.25, 0.3) is 0 Å². The van der Waals surface area contributed by atoms with Crippen LogP contribution in [-0.4, -0.2) is 80.0 Å². The molecular formula is C15H29N3O3S. The fourth-order valence-corrected chi connectivity index (χ4v) is 4.64. The van der Waals surface area contributed by atoms with Crippen molar-refractivity contribution >= 4 is 15.9 Å². The third-order valence-electron chi connectivity index (χ3n) is 4.97. The lowest BCUT2D eigenvalue weighted by Gasteiger charge is -2.34. The molecule has 0 aromatic carbocycles. The Morgan fingerprint density at radius 3 is 2.41 bits per heavy atom. The van der Waals surface area contributed by atoms with Gasteiger partial charge in [-0.05, 0) is 45.2 Å². The molecule has 2 aliphatic rings. The lowest BCUT2D eigenvalue weighted by molar-refractivity contribution is -0.130. The van der Waals surface area contributed by atoms with Crippen LogP contribution in [-0.2, 0) is 14.8 Å². The molecule has 2 rings (SSSR count). The summed E-state index contributed by atoms with van der Waals surface area (Å²) in [5.41, 5.74) is 0. The third kappa shape index (κ3) is 4.00. The highest BCUT2D eigenvalue weighted by Gasteiger charge is 2.38. The zero-order valence-corrected chi connectivity index (χ0v) is 14.8. The molecule has 0 aliphatic carbocycles. The summed E-state index contributed by atoms with van der Waals surface area (Å²) in [6.07, 6.45) is 5.09. The van der Waals surface area contributed by atoms with E-state index in [1.54, 1.807) is 21.0 Å². The molecule has 2 fully saturated rings. The number of likely N-dealkylation sites (tertiary alicyclic amines) is 2. The molecule has 0 aromatic rings. The molecule has 0 bridgehead atoms. The Hall–Kier alpha value is -0.660. The van der Waals surface area contributed by atoms with Gasteiger partial charge in [0.15, 0.2) is 0 Å². The van der Waals surface area contributed by atoms with Crippen LogP contribution >= 0.6 is 0 Å². The molecule has 6 nitrogen and oxygen atoms in total. The summed E-state index contributed by atoms with van der Waals surface area (Å²) in [5, 5.41) is 0. The number of hydrogen-bond donors (Lipinski definition) is 0. The number of nitrogens with zero attached hydrogens (tertiary/aromatic N) is 3. The van der Waals surface area contributed by atoms with Gasteiger partial charge in [0, 0.05) is 39.6 Å². The van der Waals surface area contributed by atoms with E-state index in [-0.39, 0.29) is 11.7 Å². The number of rotatable bonds is 6. The number of carbonyl (C=O) groups excluding carboxylic acids is 1. The van der Waals surface area contributed by atoms with E-state index >= 15 is 0 Å². The van der Waals surface area contributed by atoms with Gasteiger partial charge in [-0.3, -0.25) is 9.69 Å². The molecule has 0 aromatic heterocycles. The first kappa shape index (κ1) is 17.7. The molecule has 2 aliphatic heterocycles. The molecule has 0 N–H and O–H groups in total. The van der Waals surface area contributed by atoms with Crippen molar-refractivity contribution in [1.82, 2.24) is 14.1 Å². The smallest absolute Gasteiger partial charge is 0.219 e. The number of sulfonamides is 1. The third-order valence-corrected chi connectivity index (χ3v) is 6.88. The minimum atomic E-state index is -3.11. The Bertz CT molecular complexity index is 492. The van der Waals surface area contributed by atoms with Gasteiger partial charge in [0.1, 0.15) is 0 Å². The van der Waals surface area contributed by atoms with Crippen molar-refractivity contribution in [3.8, 4) is 0 Å². The maximum Gasteiger partial charge on any atom is 0.219 e. The summed E-state index contributed by atoms with van der Waals surface area (Å²) >= 11 is 0. The molecule has 0 spiro atoms. The van der Waals surface area contributed by atoms with Crippen LogP contribution in [0.15, 0.2) is 0 Å². The van der Waals surface area contributed by atoms with Crippen molar-refractivity contribution in [3.63, 3.8) is 0 Å². The molecule has 2 saturated heterocycles. The predicted octanol–water partition coefficient (Wildman–Crippen LogP) is 0.743. The highest BCUT2D eigenvalue weighted by Crippen LogP contribution is 2.30. The van der Waals surface area contributed by atoms with E-state index in [4.69, 9.17) is 0 Å². The normalized spacial score (nSPS) is 27.0. The fourth-order valence-electron chi connectivity index (χ4n) is 3.78. The zero-order chi connectivity index (χ0) is 16.3. The maximum atomic E-state index is 11.8. The quantitative estimate of drug-likeness (QED) is 0.720. The molecule has 0 unspecified atom stereocenters. The second-order valence-corrected chi connectivity index (χ2v) is 8.92. The Kier molecular flexibility index (Phi) is 5.85. The van der Waals surface area contributed by atoms with Crippen molar-refractivity contribution in [1.29, 1.82) is 0 Å². The molecule has 7 heteroatoms. The maximum absolute atomic E-state index is 11.8. The van der Waals surface area contributed by atoms with E-state index in [1.807, 2.05) is 4.90 Å². The molecular weight excluding hydrogens is 302 g/mol. The van der Waals surface area contributed by atoms with Crippen LogP contribution in [0.3, 0.4) is 0 Å². The lowest BCUT2D eigenvalue weighted by Crippen LogP contribution is -2.48. The van der Waals surface area contributed by atoms with Crippen molar-refractivity contribution < 1.29 is 13.2 Å². The Morgan fingerprint density at radius 1 is 1.14 bits per heavy atom. The van der Waals surface area contributed by atoms with E-state index in [1.165, 1.54) is 4.31 Å². The zero-order valence-electron chi connectivity index (χ0n) is 14.0. The number of amides is 1. The standard InChI is InChI=1S/C15H29N3O3S/c1-13(19)18-11-5-8-15(18)14-7-4-9-17(14)10-6-12-22(20,21)16(2)3/h14-15H,4-12H2,1-3H3/t14-,15-/m0/s1. The highest BCUT2D eigenvalue weighted by molar-refractivity contribution is 7.89. The Morgan fingerprint density at radius 2 is 1.77 bits per heavy atom. The van der Waals surface area contributed by atoms with Crippen LogP contribution in [0.2, 0.25) is 0 Å². The van der Waals surface area contributed by atoms with Crippen LogP contribution in [0, 0.1) is 0 Å². The first-order chi connectivity index (χ1) is 10.3. The largest absolute Gasteiger partial charge is 0.338 e. The summed E-state index contributed by atoms with van der Waals surface area (Å²) in [5.74, 6) is 0.370. The van der Waals surface area contributed by atoms with Gasteiger partial charge >= 0.3 is 0 Å². The first-order valence-corrected chi connectivity index (χ1v) is 9.85. The van der Waals surface area contributed by atoms with Crippen molar-refractivity contribution in [2.24, 2.45) is 0 Å². The summed E-state index contributed by atoms with van der Waals surface area (Å²) < 4.78 is 25.0. The van der Waals surface area contributed by atoms with Crippen LogP contribution in [0.5, 0.6) is 0 Å². The number of hydrogen-bond acceptors (Lipinski definition) is 4. The lowest BCUT2D eigenvalue weighted by atomic mass is 10.0. The minimum absolute atomic E-state index is 0.171. The van der Waals surface area contributed by atoms with Crippen LogP contribution in [0.1, 0.15) is 39.0 Å². The Labute approximate surface area is 134 Å². The van der Waals surface area contributed by atoms with E-state index in [0.717, 1.165) is 45.3 Å². The van der Waals surface area contributed by atoms with Gasteiger partial charge in [-0.15, -0.1) is 0 Å². The van der Waals surface area contributed by atoms with Gasteiger partial charge < -0.3 is 4.90 Å². The van der Waals surface area contributed by atoms with Crippen LogP contribution < -0.4 is 0 Å². The Balaban J connectivity index is 1.90. The van der Waals surface area contributed by atoms with Gasteiger partial charge in [-0.25, -0.2) is 12.7 Å². The molecule has 2 heterocycles. The van der Waals surface area contributed by atoms with Gasteiger partial charge in [0.2, 0.25) is 15.9 Å². The summed E-state index contributed by atoms with van der Waals surface area (Å²) in [6, 6.07) is 0.735. The fraction of sp³-hybridized carbons (Fsp3) is 0.933. The van der Waals surface area contributed by atoms with E-state index in [0.29, 0.717) is 18.5 Å². The molecule has 2 atom stereocenters. The molecule has 0 radical (unpaired) electrons. The summed E-state index contributed by atoms with van der Waals surface area (Å²) in [7, 11) is 0.0527. The van der Waals surface area contributed by atoms with Gasteiger partial charge in [0.25, 0.3) is 0 Å². The summed E-state index contributed by atoms with van der Waals surface area (Å²) in [4.78, 5) is 16.2. The topological polar surface area (TPSA) is 60.9 Å². The predicted molar refractivity (Wildman–Crippen MR) is 87.1 cm³/mol. The minimum Gasteiger partial charge on any atom is -0.338 e. The van der Waals surface area contributed by atoms with Gasteiger partial charge in [0.05, 0.1) is 5.75 Å². The monoisotopic (exact) mass is 331 g/mol. The van der Waals surface area contributed by atoms with E-state index in [2.05, 4.69) is 4.90 Å². The van der Waals surface area contributed by atoms with Crippen molar-refractivity contribution in [3.05, 3.63) is 0 Å². The second kappa shape index (κ2) is 7.27.